The Morgan fingerprint density at radius 1 is 1.32 bits per heavy atom. The Labute approximate surface area is 117 Å². The highest BCUT2D eigenvalue weighted by Gasteiger charge is 2.29. The molecule has 0 aromatic carbocycles. The summed E-state index contributed by atoms with van der Waals surface area (Å²) >= 11 is 0. The summed E-state index contributed by atoms with van der Waals surface area (Å²) in [7, 11) is 2.04. The van der Waals surface area contributed by atoms with E-state index in [4.69, 9.17) is 0 Å². The van der Waals surface area contributed by atoms with Crippen molar-refractivity contribution in [3.8, 4) is 0 Å². The molecule has 0 saturated heterocycles. The molecule has 1 N–H and O–H groups in total. The molecule has 0 amide bonds. The van der Waals surface area contributed by atoms with Gasteiger partial charge in [0.05, 0.1) is 5.69 Å². The van der Waals surface area contributed by atoms with Crippen molar-refractivity contribution in [3.63, 3.8) is 0 Å². The maximum Gasteiger partial charge on any atom is 0.0669 e. The third-order valence-electron chi connectivity index (χ3n) is 4.56. The van der Waals surface area contributed by atoms with Crippen LogP contribution in [0.5, 0.6) is 0 Å². The van der Waals surface area contributed by atoms with Gasteiger partial charge >= 0.3 is 0 Å². The predicted octanol–water partition coefficient (Wildman–Crippen LogP) is 3.46. The van der Waals surface area contributed by atoms with Crippen molar-refractivity contribution in [2.24, 2.45) is 18.9 Å². The lowest BCUT2D eigenvalue weighted by atomic mass is 9.77. The van der Waals surface area contributed by atoms with Gasteiger partial charge in [-0.2, -0.15) is 5.10 Å². The van der Waals surface area contributed by atoms with Crippen molar-refractivity contribution < 1.29 is 0 Å². The molecule has 1 aliphatic carbocycles. The Balaban J connectivity index is 2.18. The molecule has 1 aromatic heterocycles. The standard InChI is InChI=1S/C16H29N3/c1-5-15-14(11-19(4)18-15)16(17-6-2)13-9-7-12(3)8-10-13/h11-13,16-17H,5-10H2,1-4H3. The van der Waals surface area contributed by atoms with E-state index in [9.17, 15) is 0 Å². The number of aromatic nitrogens is 2. The average Bonchev–Trinajstić information content (AvgIpc) is 2.78. The number of nitrogens with zero attached hydrogens (tertiary/aromatic N) is 2. The van der Waals surface area contributed by atoms with Gasteiger partial charge in [0, 0.05) is 24.8 Å². The zero-order valence-corrected chi connectivity index (χ0v) is 12.9. The first-order chi connectivity index (χ1) is 9.15. The van der Waals surface area contributed by atoms with Gasteiger partial charge in [0.15, 0.2) is 0 Å². The smallest absolute Gasteiger partial charge is 0.0669 e. The molecule has 1 aliphatic rings. The second-order valence-electron chi connectivity index (χ2n) is 6.11. The minimum atomic E-state index is 0.501. The Bertz CT molecular complexity index is 389. The lowest BCUT2D eigenvalue weighted by Crippen LogP contribution is -2.31. The first-order valence-corrected chi connectivity index (χ1v) is 7.91. The Morgan fingerprint density at radius 3 is 2.58 bits per heavy atom. The van der Waals surface area contributed by atoms with Crippen LogP contribution in [-0.4, -0.2) is 16.3 Å². The summed E-state index contributed by atoms with van der Waals surface area (Å²) in [4.78, 5) is 0. The number of hydrogen-bond donors (Lipinski definition) is 1. The van der Waals surface area contributed by atoms with Crippen molar-refractivity contribution in [1.29, 1.82) is 0 Å². The quantitative estimate of drug-likeness (QED) is 0.881. The molecule has 1 aromatic rings. The van der Waals surface area contributed by atoms with E-state index >= 15 is 0 Å². The van der Waals surface area contributed by atoms with Crippen molar-refractivity contribution in [3.05, 3.63) is 17.5 Å². The molecular weight excluding hydrogens is 234 g/mol. The molecule has 3 nitrogen and oxygen atoms in total. The molecule has 0 aliphatic heterocycles. The van der Waals surface area contributed by atoms with Gasteiger partial charge in [-0.1, -0.05) is 33.6 Å². The van der Waals surface area contributed by atoms with Gasteiger partial charge in [0.2, 0.25) is 0 Å². The number of rotatable bonds is 5. The largest absolute Gasteiger partial charge is 0.310 e. The fourth-order valence-corrected chi connectivity index (χ4v) is 3.46. The summed E-state index contributed by atoms with van der Waals surface area (Å²) in [5.41, 5.74) is 2.71. The first kappa shape index (κ1) is 14.6. The van der Waals surface area contributed by atoms with Gasteiger partial charge in [-0.15, -0.1) is 0 Å². The highest BCUT2D eigenvalue weighted by atomic mass is 15.3. The fraction of sp³-hybridized carbons (Fsp3) is 0.812. The molecule has 0 radical (unpaired) electrons. The monoisotopic (exact) mass is 263 g/mol. The topological polar surface area (TPSA) is 29.9 Å². The normalized spacial score (nSPS) is 25.5. The van der Waals surface area contributed by atoms with Crippen LogP contribution in [0.25, 0.3) is 0 Å². The molecule has 1 heterocycles. The molecule has 1 unspecified atom stereocenters. The SMILES string of the molecule is CCNC(c1cn(C)nc1CC)C1CCC(C)CC1. The van der Waals surface area contributed by atoms with Crippen LogP contribution in [-0.2, 0) is 13.5 Å². The second-order valence-corrected chi connectivity index (χ2v) is 6.11. The van der Waals surface area contributed by atoms with Crippen molar-refractivity contribution >= 4 is 0 Å². The van der Waals surface area contributed by atoms with E-state index in [0.29, 0.717) is 6.04 Å². The molecule has 0 spiro atoms. The zero-order chi connectivity index (χ0) is 13.8. The second kappa shape index (κ2) is 6.56. The first-order valence-electron chi connectivity index (χ1n) is 7.91. The van der Waals surface area contributed by atoms with Crippen LogP contribution in [0.4, 0.5) is 0 Å². The zero-order valence-electron chi connectivity index (χ0n) is 12.9. The summed E-state index contributed by atoms with van der Waals surface area (Å²) < 4.78 is 1.98. The van der Waals surface area contributed by atoms with Crippen LogP contribution in [0.1, 0.15) is 63.8 Å². The summed E-state index contributed by atoms with van der Waals surface area (Å²) in [5, 5.41) is 8.34. The fourth-order valence-electron chi connectivity index (χ4n) is 3.46. The van der Waals surface area contributed by atoms with E-state index in [1.807, 2.05) is 11.7 Å². The molecule has 2 rings (SSSR count). The number of hydrogen-bond acceptors (Lipinski definition) is 2. The van der Waals surface area contributed by atoms with E-state index in [-0.39, 0.29) is 0 Å². The molecule has 1 fully saturated rings. The van der Waals surface area contributed by atoms with Gasteiger partial charge in [0.1, 0.15) is 0 Å². The molecular formula is C16H29N3. The summed E-state index contributed by atoms with van der Waals surface area (Å²) in [5.74, 6) is 1.70. The van der Waals surface area contributed by atoms with E-state index in [1.54, 1.807) is 0 Å². The minimum Gasteiger partial charge on any atom is -0.310 e. The van der Waals surface area contributed by atoms with Crippen molar-refractivity contribution in [1.82, 2.24) is 15.1 Å². The van der Waals surface area contributed by atoms with Crippen LogP contribution < -0.4 is 5.32 Å². The minimum absolute atomic E-state index is 0.501. The van der Waals surface area contributed by atoms with E-state index < -0.39 is 0 Å². The third-order valence-corrected chi connectivity index (χ3v) is 4.56. The lowest BCUT2D eigenvalue weighted by molar-refractivity contribution is 0.232. The van der Waals surface area contributed by atoms with Crippen molar-refractivity contribution in [2.75, 3.05) is 6.54 Å². The maximum atomic E-state index is 4.62. The molecule has 19 heavy (non-hydrogen) atoms. The molecule has 1 saturated carbocycles. The van der Waals surface area contributed by atoms with Crippen LogP contribution in [0, 0.1) is 11.8 Å². The molecule has 0 bridgehead atoms. The van der Waals surface area contributed by atoms with E-state index in [2.05, 4.69) is 37.4 Å². The number of nitrogens with one attached hydrogen (secondary N) is 1. The van der Waals surface area contributed by atoms with Gasteiger partial charge in [0.25, 0.3) is 0 Å². The molecule has 1 atom stereocenters. The van der Waals surface area contributed by atoms with Crippen LogP contribution >= 0.6 is 0 Å². The summed E-state index contributed by atoms with van der Waals surface area (Å²) in [6.07, 6.45) is 8.74. The Morgan fingerprint density at radius 2 is 2.00 bits per heavy atom. The Kier molecular flexibility index (Phi) is 5.03. The summed E-state index contributed by atoms with van der Waals surface area (Å²) in [6, 6.07) is 0.501. The average molecular weight is 263 g/mol. The van der Waals surface area contributed by atoms with Gasteiger partial charge < -0.3 is 5.32 Å². The third kappa shape index (κ3) is 3.38. The van der Waals surface area contributed by atoms with E-state index in [1.165, 1.54) is 36.9 Å². The van der Waals surface area contributed by atoms with Gasteiger partial charge in [-0.25, -0.2) is 0 Å². The van der Waals surface area contributed by atoms with E-state index in [0.717, 1.165) is 24.8 Å². The molecule has 3 heteroatoms. The maximum absolute atomic E-state index is 4.62. The highest BCUT2D eigenvalue weighted by Crippen LogP contribution is 2.37. The van der Waals surface area contributed by atoms with Crippen LogP contribution in [0.3, 0.4) is 0 Å². The lowest BCUT2D eigenvalue weighted by Gasteiger charge is -2.33. The highest BCUT2D eigenvalue weighted by molar-refractivity contribution is 5.22. The number of aryl methyl sites for hydroxylation is 2. The van der Waals surface area contributed by atoms with Crippen LogP contribution in [0.15, 0.2) is 6.20 Å². The molecule has 108 valence electrons. The van der Waals surface area contributed by atoms with Gasteiger partial charge in [-0.05, 0) is 37.6 Å². The van der Waals surface area contributed by atoms with Crippen LogP contribution in [0.2, 0.25) is 0 Å². The summed E-state index contributed by atoms with van der Waals surface area (Å²) in [6.45, 7) is 7.84. The predicted molar refractivity (Wildman–Crippen MR) is 80.1 cm³/mol. The van der Waals surface area contributed by atoms with Crippen molar-refractivity contribution in [2.45, 2.75) is 58.9 Å². The van der Waals surface area contributed by atoms with Gasteiger partial charge in [-0.3, -0.25) is 4.68 Å². The Hall–Kier alpha value is -0.830.